The van der Waals surface area contributed by atoms with Crippen molar-refractivity contribution in [2.24, 2.45) is 0 Å². The molecule has 0 aliphatic heterocycles. The molecule has 0 bridgehead atoms. The third-order valence-electron chi connectivity index (χ3n) is 2.91. The summed E-state index contributed by atoms with van der Waals surface area (Å²) in [5.74, 6) is -3.04. The highest BCUT2D eigenvalue weighted by molar-refractivity contribution is 5.94. The fourth-order valence-electron chi connectivity index (χ4n) is 1.77. The van der Waals surface area contributed by atoms with Gasteiger partial charge in [-0.2, -0.15) is 4.39 Å². The van der Waals surface area contributed by atoms with Crippen LogP contribution < -0.4 is 0 Å². The van der Waals surface area contributed by atoms with Crippen LogP contribution in [0.2, 0.25) is 0 Å². The second-order valence-corrected chi connectivity index (χ2v) is 4.92. The van der Waals surface area contributed by atoms with Crippen molar-refractivity contribution >= 4 is 11.6 Å². The average Bonchev–Trinajstić information content (AvgIpc) is 2.39. The van der Waals surface area contributed by atoms with E-state index in [2.05, 4.69) is 0 Å². The van der Waals surface area contributed by atoms with E-state index in [4.69, 9.17) is 0 Å². The van der Waals surface area contributed by atoms with E-state index >= 15 is 0 Å². The lowest BCUT2D eigenvalue weighted by Crippen LogP contribution is -2.30. The Morgan fingerprint density at radius 2 is 1.81 bits per heavy atom. The molecule has 0 saturated carbocycles. The van der Waals surface area contributed by atoms with Gasteiger partial charge in [-0.1, -0.05) is 0 Å². The number of rotatable bonds is 6. The molecule has 0 aliphatic rings. The maximum absolute atomic E-state index is 13.7. The van der Waals surface area contributed by atoms with Gasteiger partial charge in [0, 0.05) is 13.6 Å². The van der Waals surface area contributed by atoms with Crippen LogP contribution in [0, 0.1) is 21.7 Å². The van der Waals surface area contributed by atoms with Crippen LogP contribution in [0.15, 0.2) is 12.1 Å². The Labute approximate surface area is 121 Å². The number of benzene rings is 1. The predicted octanol–water partition coefficient (Wildman–Crippen LogP) is 1.90. The minimum atomic E-state index is -1.23. The number of nitrogens with zero attached hydrogens (tertiary/aromatic N) is 3. The number of amides is 1. The van der Waals surface area contributed by atoms with Crippen LogP contribution in [-0.4, -0.2) is 54.9 Å². The van der Waals surface area contributed by atoms with E-state index in [1.165, 1.54) is 11.9 Å². The summed E-state index contributed by atoms with van der Waals surface area (Å²) in [5, 5.41) is 10.5. The van der Waals surface area contributed by atoms with Crippen LogP contribution in [0.1, 0.15) is 16.8 Å². The Balaban J connectivity index is 2.87. The Hall–Kier alpha value is -2.09. The summed E-state index contributed by atoms with van der Waals surface area (Å²) in [5.41, 5.74) is -1.50. The zero-order chi connectivity index (χ0) is 16.2. The lowest BCUT2D eigenvalue weighted by molar-refractivity contribution is -0.387. The van der Waals surface area contributed by atoms with Gasteiger partial charge < -0.3 is 9.80 Å². The lowest BCUT2D eigenvalue weighted by Gasteiger charge is -2.18. The summed E-state index contributed by atoms with van der Waals surface area (Å²) < 4.78 is 27.2. The Morgan fingerprint density at radius 1 is 1.19 bits per heavy atom. The molecule has 0 N–H and O–H groups in total. The van der Waals surface area contributed by atoms with Gasteiger partial charge in [-0.3, -0.25) is 14.9 Å². The van der Waals surface area contributed by atoms with Crippen molar-refractivity contribution in [3.63, 3.8) is 0 Å². The van der Waals surface area contributed by atoms with Gasteiger partial charge in [0.2, 0.25) is 5.82 Å². The number of nitro groups is 1. The van der Waals surface area contributed by atoms with Crippen molar-refractivity contribution in [3.8, 4) is 0 Å². The predicted molar refractivity (Wildman–Crippen MR) is 73.1 cm³/mol. The van der Waals surface area contributed by atoms with Gasteiger partial charge in [0.25, 0.3) is 5.91 Å². The highest BCUT2D eigenvalue weighted by Crippen LogP contribution is 2.22. The Kier molecular flexibility index (Phi) is 5.71. The summed E-state index contributed by atoms with van der Waals surface area (Å²) in [6, 6.07) is 0.995. The van der Waals surface area contributed by atoms with E-state index in [0.717, 1.165) is 6.54 Å². The van der Waals surface area contributed by atoms with Gasteiger partial charge in [0.15, 0.2) is 0 Å². The highest BCUT2D eigenvalue weighted by Gasteiger charge is 2.23. The van der Waals surface area contributed by atoms with Crippen LogP contribution in [-0.2, 0) is 0 Å². The van der Waals surface area contributed by atoms with Gasteiger partial charge in [-0.15, -0.1) is 0 Å². The molecule has 0 aliphatic carbocycles. The van der Waals surface area contributed by atoms with Gasteiger partial charge in [-0.25, -0.2) is 4.39 Å². The monoisotopic (exact) mass is 301 g/mol. The molecule has 1 aromatic carbocycles. The number of halogens is 2. The zero-order valence-corrected chi connectivity index (χ0v) is 12.1. The summed E-state index contributed by atoms with van der Waals surface area (Å²) in [6.45, 7) is 1.11. The van der Waals surface area contributed by atoms with E-state index < -0.39 is 33.7 Å². The van der Waals surface area contributed by atoms with Crippen molar-refractivity contribution in [1.29, 1.82) is 0 Å². The van der Waals surface area contributed by atoms with Crippen LogP contribution in [0.5, 0.6) is 0 Å². The molecule has 0 radical (unpaired) electrons. The first-order valence-electron chi connectivity index (χ1n) is 6.27. The zero-order valence-electron chi connectivity index (χ0n) is 12.1. The first kappa shape index (κ1) is 17.0. The molecule has 116 valence electrons. The molecule has 21 heavy (non-hydrogen) atoms. The molecule has 0 spiro atoms. The van der Waals surface area contributed by atoms with Crippen molar-refractivity contribution in [1.82, 2.24) is 9.80 Å². The molecule has 1 amide bonds. The third kappa shape index (κ3) is 4.45. The van der Waals surface area contributed by atoms with Crippen molar-refractivity contribution < 1.29 is 18.5 Å². The molecule has 8 heteroatoms. The lowest BCUT2D eigenvalue weighted by atomic mass is 10.1. The molecule has 0 atom stereocenters. The molecular formula is C13H17F2N3O3. The first-order chi connectivity index (χ1) is 9.73. The van der Waals surface area contributed by atoms with Crippen LogP contribution in [0.4, 0.5) is 14.5 Å². The number of nitro benzene ring substituents is 1. The van der Waals surface area contributed by atoms with Crippen LogP contribution >= 0.6 is 0 Å². The van der Waals surface area contributed by atoms with Crippen molar-refractivity contribution in [2.45, 2.75) is 6.42 Å². The number of hydrogen-bond acceptors (Lipinski definition) is 4. The van der Waals surface area contributed by atoms with Gasteiger partial charge in [-0.05, 0) is 33.1 Å². The largest absolute Gasteiger partial charge is 0.342 e. The van der Waals surface area contributed by atoms with E-state index in [0.29, 0.717) is 25.1 Å². The van der Waals surface area contributed by atoms with Gasteiger partial charge in [0.1, 0.15) is 5.82 Å². The topological polar surface area (TPSA) is 66.7 Å². The van der Waals surface area contributed by atoms with E-state index in [1.54, 1.807) is 0 Å². The van der Waals surface area contributed by atoms with E-state index in [9.17, 15) is 23.7 Å². The molecular weight excluding hydrogens is 284 g/mol. The molecule has 0 unspecified atom stereocenters. The number of carbonyl (C=O) groups excluding carboxylic acids is 1. The highest BCUT2D eigenvalue weighted by atomic mass is 19.1. The third-order valence-corrected chi connectivity index (χ3v) is 2.91. The minimum Gasteiger partial charge on any atom is -0.342 e. The second-order valence-electron chi connectivity index (χ2n) is 4.92. The fourth-order valence-corrected chi connectivity index (χ4v) is 1.77. The van der Waals surface area contributed by atoms with Crippen molar-refractivity contribution in [3.05, 3.63) is 39.4 Å². The van der Waals surface area contributed by atoms with Crippen molar-refractivity contribution in [2.75, 3.05) is 34.2 Å². The molecule has 0 fully saturated rings. The minimum absolute atomic E-state index is 0.370. The van der Waals surface area contributed by atoms with Crippen LogP contribution in [0.3, 0.4) is 0 Å². The molecule has 6 nitrogen and oxygen atoms in total. The maximum Gasteiger partial charge on any atom is 0.307 e. The first-order valence-corrected chi connectivity index (χ1v) is 6.27. The molecule has 0 saturated heterocycles. The van der Waals surface area contributed by atoms with Gasteiger partial charge >= 0.3 is 5.69 Å². The maximum atomic E-state index is 13.7. The summed E-state index contributed by atoms with van der Waals surface area (Å²) in [6.07, 6.45) is 0.673. The molecule has 0 heterocycles. The fraction of sp³-hybridized carbons (Fsp3) is 0.462. The van der Waals surface area contributed by atoms with E-state index in [1.807, 2.05) is 19.0 Å². The Bertz CT molecular complexity index is 550. The smallest absolute Gasteiger partial charge is 0.307 e. The van der Waals surface area contributed by atoms with Gasteiger partial charge in [0.05, 0.1) is 16.6 Å². The standard InChI is InChI=1S/C13H17F2N3O3/c1-16(2)5-4-6-17(3)13(19)9-7-11(15)12(18(20)21)8-10(9)14/h7-8H,4-6H2,1-3H3. The van der Waals surface area contributed by atoms with Crippen LogP contribution in [0.25, 0.3) is 0 Å². The number of hydrogen-bond donors (Lipinski definition) is 0. The molecule has 1 rings (SSSR count). The summed E-state index contributed by atoms with van der Waals surface area (Å²) in [4.78, 5) is 24.7. The number of carbonyl (C=O) groups is 1. The molecule has 0 aromatic heterocycles. The van der Waals surface area contributed by atoms with E-state index in [-0.39, 0.29) is 0 Å². The summed E-state index contributed by atoms with van der Waals surface area (Å²) in [7, 11) is 5.23. The summed E-state index contributed by atoms with van der Waals surface area (Å²) >= 11 is 0. The normalized spacial score (nSPS) is 10.8. The Morgan fingerprint density at radius 3 is 2.33 bits per heavy atom. The quantitative estimate of drug-likeness (QED) is 0.594. The average molecular weight is 301 g/mol. The second kappa shape index (κ2) is 7.07. The SMILES string of the molecule is CN(C)CCCN(C)C(=O)c1cc(F)c([N+](=O)[O-])cc1F. The molecule has 1 aromatic rings.